The number of nitrogen functional groups attached to an aromatic ring is 1. The van der Waals surface area contributed by atoms with E-state index >= 15 is 0 Å². The minimum Gasteiger partial charge on any atom is -0.397 e. The van der Waals surface area contributed by atoms with Gasteiger partial charge in [-0.15, -0.1) is 0 Å². The summed E-state index contributed by atoms with van der Waals surface area (Å²) in [6.45, 7) is 5.33. The highest BCUT2D eigenvalue weighted by Crippen LogP contribution is 2.22. The van der Waals surface area contributed by atoms with Crippen LogP contribution in [0.25, 0.3) is 0 Å². The monoisotopic (exact) mass is 275 g/mol. The van der Waals surface area contributed by atoms with E-state index in [2.05, 4.69) is 14.8 Å². The Morgan fingerprint density at radius 3 is 2.75 bits per heavy atom. The van der Waals surface area contributed by atoms with Gasteiger partial charge in [-0.2, -0.15) is 0 Å². The van der Waals surface area contributed by atoms with Gasteiger partial charge >= 0.3 is 0 Å². The lowest BCUT2D eigenvalue weighted by molar-refractivity contribution is 0.100. The molecule has 0 spiro atoms. The van der Waals surface area contributed by atoms with Crippen LogP contribution in [0.5, 0.6) is 0 Å². The first kappa shape index (κ1) is 13.3. The van der Waals surface area contributed by atoms with Crippen LogP contribution in [0, 0.1) is 0 Å². The maximum Gasteiger partial charge on any atom is 0.250 e. The van der Waals surface area contributed by atoms with Crippen molar-refractivity contribution in [3.63, 3.8) is 0 Å². The van der Waals surface area contributed by atoms with Crippen LogP contribution in [0.1, 0.15) is 28.9 Å². The van der Waals surface area contributed by atoms with E-state index in [9.17, 15) is 4.79 Å². The van der Waals surface area contributed by atoms with Crippen LogP contribution in [0.3, 0.4) is 0 Å². The smallest absolute Gasteiger partial charge is 0.250 e. The number of amides is 1. The lowest BCUT2D eigenvalue weighted by atomic mass is 10.0. The zero-order valence-electron chi connectivity index (χ0n) is 11.6. The molecule has 0 aliphatic carbocycles. The van der Waals surface area contributed by atoms with Crippen molar-refractivity contribution in [2.75, 3.05) is 31.9 Å². The average Bonchev–Trinajstić information content (AvgIpc) is 2.74. The molecule has 6 nitrogen and oxygen atoms in total. The summed E-state index contributed by atoms with van der Waals surface area (Å²) in [7, 11) is 0. The van der Waals surface area contributed by atoms with E-state index in [-0.39, 0.29) is 0 Å². The van der Waals surface area contributed by atoms with Crippen LogP contribution in [-0.4, -0.2) is 52.9 Å². The van der Waals surface area contributed by atoms with Gasteiger partial charge in [0.2, 0.25) is 0 Å². The first-order valence-corrected chi connectivity index (χ1v) is 7.14. The molecule has 3 aliphatic rings. The Hall–Kier alpha value is -1.66. The highest BCUT2D eigenvalue weighted by molar-refractivity contribution is 5.97. The molecule has 0 atom stereocenters. The van der Waals surface area contributed by atoms with Crippen LogP contribution >= 0.6 is 0 Å². The number of anilines is 1. The lowest BCUT2D eigenvalue weighted by Gasteiger charge is -2.31. The fourth-order valence-electron chi connectivity index (χ4n) is 3.19. The minimum absolute atomic E-state index is 0.351. The number of pyridine rings is 1. The molecular weight excluding hydrogens is 254 g/mol. The Morgan fingerprint density at radius 1 is 1.30 bits per heavy atom. The quantitative estimate of drug-likeness (QED) is 0.813. The topological polar surface area (TPSA) is 88.5 Å². The molecule has 4 N–H and O–H groups in total. The van der Waals surface area contributed by atoms with Gasteiger partial charge in [-0.25, -0.2) is 0 Å². The normalized spacial score (nSPS) is 26.4. The van der Waals surface area contributed by atoms with Gasteiger partial charge in [-0.05, 0) is 32.0 Å². The number of fused-ring (bicyclic) bond motifs is 4. The van der Waals surface area contributed by atoms with E-state index < -0.39 is 5.91 Å². The van der Waals surface area contributed by atoms with Gasteiger partial charge < -0.3 is 16.4 Å². The van der Waals surface area contributed by atoms with Gasteiger partial charge in [0.15, 0.2) is 0 Å². The van der Waals surface area contributed by atoms with Gasteiger partial charge in [-0.1, -0.05) is 0 Å². The van der Waals surface area contributed by atoms with Gasteiger partial charge in [-0.3, -0.25) is 14.7 Å². The molecule has 4 heterocycles. The summed E-state index contributed by atoms with van der Waals surface area (Å²) < 4.78 is 0. The van der Waals surface area contributed by atoms with Gasteiger partial charge in [0.1, 0.15) is 0 Å². The summed E-state index contributed by atoms with van der Waals surface area (Å²) in [5, 5.41) is 0. The molecule has 2 bridgehead atoms. The third kappa shape index (κ3) is 2.62. The highest BCUT2D eigenvalue weighted by atomic mass is 16.1. The largest absolute Gasteiger partial charge is 0.397 e. The number of rotatable bonds is 3. The molecule has 4 rings (SSSR count). The number of carbonyl (C=O) groups excluding carboxylic acids is 1. The third-order valence-electron chi connectivity index (χ3n) is 4.40. The maximum absolute atomic E-state index is 11.3. The second-order valence-corrected chi connectivity index (χ2v) is 5.67. The van der Waals surface area contributed by atoms with Crippen molar-refractivity contribution < 1.29 is 4.79 Å². The first-order valence-electron chi connectivity index (χ1n) is 7.14. The van der Waals surface area contributed by atoms with E-state index in [0.717, 1.165) is 25.3 Å². The molecule has 1 aromatic heterocycles. The van der Waals surface area contributed by atoms with Crippen LogP contribution in [0.15, 0.2) is 12.3 Å². The van der Waals surface area contributed by atoms with Gasteiger partial charge in [0, 0.05) is 25.7 Å². The SMILES string of the molecule is NC(=O)c1cc(CN2CCN3CCC2CC3)ncc1N. The fraction of sp³-hybridized carbons (Fsp3) is 0.571. The molecule has 0 aromatic carbocycles. The Kier molecular flexibility index (Phi) is 3.58. The fourth-order valence-corrected chi connectivity index (χ4v) is 3.19. The van der Waals surface area contributed by atoms with Gasteiger partial charge in [0.05, 0.1) is 23.1 Å². The lowest BCUT2D eigenvalue weighted by Crippen LogP contribution is -2.37. The summed E-state index contributed by atoms with van der Waals surface area (Å²) in [6, 6.07) is 2.36. The number of carbonyl (C=O) groups is 1. The second kappa shape index (κ2) is 5.38. The number of nitrogens with zero attached hydrogens (tertiary/aromatic N) is 3. The molecule has 0 unspecified atom stereocenters. The van der Waals surface area contributed by atoms with Crippen molar-refractivity contribution in [2.24, 2.45) is 5.73 Å². The van der Waals surface area contributed by atoms with Crippen molar-refractivity contribution in [3.8, 4) is 0 Å². The number of aromatic nitrogens is 1. The Bertz CT molecular complexity index is 510. The van der Waals surface area contributed by atoms with Crippen molar-refractivity contribution in [3.05, 3.63) is 23.5 Å². The molecule has 20 heavy (non-hydrogen) atoms. The van der Waals surface area contributed by atoms with E-state index in [0.29, 0.717) is 17.3 Å². The predicted molar refractivity (Wildman–Crippen MR) is 77.0 cm³/mol. The Balaban J connectivity index is 1.77. The summed E-state index contributed by atoms with van der Waals surface area (Å²) >= 11 is 0. The van der Waals surface area contributed by atoms with Gasteiger partial charge in [0.25, 0.3) is 5.91 Å². The summed E-state index contributed by atoms with van der Waals surface area (Å²) in [5.74, 6) is -0.492. The summed E-state index contributed by atoms with van der Waals surface area (Å²) in [6.07, 6.45) is 3.98. The molecular formula is C14H21N5O. The number of hydrogen-bond donors (Lipinski definition) is 2. The summed E-state index contributed by atoms with van der Waals surface area (Å²) in [5.41, 5.74) is 12.7. The van der Waals surface area contributed by atoms with E-state index in [1.54, 1.807) is 6.07 Å². The molecule has 3 fully saturated rings. The molecule has 3 aliphatic heterocycles. The number of piperidine rings is 1. The van der Waals surface area contributed by atoms with Crippen molar-refractivity contribution in [2.45, 2.75) is 25.4 Å². The van der Waals surface area contributed by atoms with Crippen LogP contribution in [0.2, 0.25) is 0 Å². The Labute approximate surface area is 118 Å². The molecule has 1 amide bonds. The highest BCUT2D eigenvalue weighted by Gasteiger charge is 2.29. The molecule has 0 saturated carbocycles. The zero-order chi connectivity index (χ0) is 14.1. The minimum atomic E-state index is -0.492. The average molecular weight is 275 g/mol. The molecule has 6 heteroatoms. The Morgan fingerprint density at radius 2 is 2.05 bits per heavy atom. The second-order valence-electron chi connectivity index (χ2n) is 5.67. The number of nitrogens with two attached hydrogens (primary N) is 2. The molecule has 0 radical (unpaired) electrons. The standard InChI is InChI=1S/C14H21N5O/c15-13-8-17-10(7-12(13)14(16)20)9-19-6-5-18-3-1-11(19)2-4-18/h7-8,11H,1-6,9,15H2,(H2,16,20). The van der Waals surface area contributed by atoms with E-state index in [4.69, 9.17) is 11.5 Å². The van der Waals surface area contributed by atoms with E-state index in [1.165, 1.54) is 32.1 Å². The zero-order valence-corrected chi connectivity index (χ0v) is 11.6. The molecule has 1 aromatic rings. The number of primary amides is 1. The van der Waals surface area contributed by atoms with Crippen molar-refractivity contribution in [1.82, 2.24) is 14.8 Å². The molecule has 3 saturated heterocycles. The molecule has 108 valence electrons. The predicted octanol–water partition coefficient (Wildman–Crippen LogP) is 0.0427. The maximum atomic E-state index is 11.3. The van der Waals surface area contributed by atoms with Crippen molar-refractivity contribution in [1.29, 1.82) is 0 Å². The van der Waals surface area contributed by atoms with Crippen LogP contribution in [-0.2, 0) is 6.54 Å². The van der Waals surface area contributed by atoms with E-state index in [1.807, 2.05) is 0 Å². The number of hydrogen-bond acceptors (Lipinski definition) is 5. The third-order valence-corrected chi connectivity index (χ3v) is 4.40. The summed E-state index contributed by atoms with van der Waals surface area (Å²) in [4.78, 5) is 20.7. The first-order chi connectivity index (χ1) is 9.63. The van der Waals surface area contributed by atoms with Crippen molar-refractivity contribution >= 4 is 11.6 Å². The van der Waals surface area contributed by atoms with Crippen LogP contribution < -0.4 is 11.5 Å². The van der Waals surface area contributed by atoms with Crippen LogP contribution in [0.4, 0.5) is 5.69 Å².